The maximum atomic E-state index is 11.3. The molecule has 1 aliphatic rings. The summed E-state index contributed by atoms with van der Waals surface area (Å²) in [6, 6.07) is 9.10. The van der Waals surface area contributed by atoms with Gasteiger partial charge in [0.2, 0.25) is 0 Å². The average Bonchev–Trinajstić information content (AvgIpc) is 2.86. The molecule has 1 aromatic carbocycles. The van der Waals surface area contributed by atoms with E-state index in [0.717, 1.165) is 25.9 Å². The molecule has 0 aromatic heterocycles. The molecule has 4 nitrogen and oxygen atoms in total. The van der Waals surface area contributed by atoms with E-state index >= 15 is 0 Å². The van der Waals surface area contributed by atoms with Gasteiger partial charge in [0.1, 0.15) is 9.84 Å². The van der Waals surface area contributed by atoms with Crippen LogP contribution < -0.4 is 4.90 Å². The summed E-state index contributed by atoms with van der Waals surface area (Å²) < 4.78 is 22.5. The smallest absolute Gasteiger partial charge is 0.147 e. The molecule has 1 aromatic rings. The lowest BCUT2D eigenvalue weighted by Gasteiger charge is -2.25. The molecular formula is C16H26N2O2S. The molecular weight excluding hydrogens is 284 g/mol. The number of hydrogen-bond donors (Lipinski definition) is 0. The van der Waals surface area contributed by atoms with Gasteiger partial charge in [0.15, 0.2) is 0 Å². The molecule has 1 atom stereocenters. The number of likely N-dealkylation sites (tertiary alicyclic amines) is 1. The first-order chi connectivity index (χ1) is 9.87. The summed E-state index contributed by atoms with van der Waals surface area (Å²) in [5, 5.41) is 0. The summed E-state index contributed by atoms with van der Waals surface area (Å²) in [6.07, 6.45) is 4.39. The molecule has 2 rings (SSSR count). The zero-order valence-electron chi connectivity index (χ0n) is 13.2. The second kappa shape index (κ2) is 6.79. The van der Waals surface area contributed by atoms with Gasteiger partial charge in [-0.05, 0) is 50.0 Å². The summed E-state index contributed by atoms with van der Waals surface area (Å²) in [5.41, 5.74) is 2.56. The van der Waals surface area contributed by atoms with E-state index in [2.05, 4.69) is 48.2 Å². The second-order valence-electron chi connectivity index (χ2n) is 6.17. The minimum absolute atomic E-state index is 0.286. The van der Waals surface area contributed by atoms with Crippen molar-refractivity contribution in [1.29, 1.82) is 0 Å². The molecule has 0 spiro atoms. The lowest BCUT2D eigenvalue weighted by Crippen LogP contribution is -2.26. The van der Waals surface area contributed by atoms with Crippen LogP contribution in [0.4, 0.5) is 5.69 Å². The fourth-order valence-corrected chi connectivity index (χ4v) is 3.66. The summed E-state index contributed by atoms with van der Waals surface area (Å²) >= 11 is 0. The molecule has 0 unspecified atom stereocenters. The Labute approximate surface area is 128 Å². The van der Waals surface area contributed by atoms with Crippen LogP contribution >= 0.6 is 0 Å². The predicted molar refractivity (Wildman–Crippen MR) is 88.6 cm³/mol. The van der Waals surface area contributed by atoms with Crippen molar-refractivity contribution in [2.75, 3.05) is 44.1 Å². The highest BCUT2D eigenvalue weighted by molar-refractivity contribution is 7.90. The molecule has 5 heteroatoms. The van der Waals surface area contributed by atoms with Crippen LogP contribution in [0.2, 0.25) is 0 Å². The van der Waals surface area contributed by atoms with Crippen LogP contribution in [0.15, 0.2) is 24.3 Å². The van der Waals surface area contributed by atoms with E-state index in [0.29, 0.717) is 6.04 Å². The van der Waals surface area contributed by atoms with E-state index in [-0.39, 0.29) is 5.75 Å². The Bertz CT molecular complexity index is 569. The number of nitrogens with zero attached hydrogens (tertiary/aromatic N) is 2. The van der Waals surface area contributed by atoms with Crippen molar-refractivity contribution >= 4 is 15.5 Å². The van der Waals surface area contributed by atoms with Crippen molar-refractivity contribution < 1.29 is 8.42 Å². The van der Waals surface area contributed by atoms with E-state index in [9.17, 15) is 8.42 Å². The molecule has 0 bridgehead atoms. The monoisotopic (exact) mass is 310 g/mol. The SMILES string of the molecule is CN(C)c1cccc([C@H]2CCCN2CCCS(C)(=O)=O)c1. The molecule has 0 amide bonds. The Morgan fingerprint density at radius 2 is 2.10 bits per heavy atom. The Hall–Kier alpha value is -1.07. The fraction of sp³-hybridized carbons (Fsp3) is 0.625. The molecule has 1 saturated heterocycles. The molecule has 1 aliphatic heterocycles. The third-order valence-corrected chi connectivity index (χ3v) is 5.13. The van der Waals surface area contributed by atoms with E-state index < -0.39 is 9.84 Å². The molecule has 1 heterocycles. The summed E-state index contributed by atoms with van der Waals surface area (Å²) in [7, 11) is 1.26. The third-order valence-electron chi connectivity index (χ3n) is 4.10. The van der Waals surface area contributed by atoms with Gasteiger partial charge in [-0.25, -0.2) is 8.42 Å². The highest BCUT2D eigenvalue weighted by Gasteiger charge is 2.25. The minimum Gasteiger partial charge on any atom is -0.378 e. The van der Waals surface area contributed by atoms with Crippen molar-refractivity contribution in [1.82, 2.24) is 4.90 Å². The van der Waals surface area contributed by atoms with Crippen LogP contribution in [-0.4, -0.2) is 52.5 Å². The molecule has 0 aliphatic carbocycles. The van der Waals surface area contributed by atoms with Crippen LogP contribution in [-0.2, 0) is 9.84 Å². The van der Waals surface area contributed by atoms with Crippen LogP contribution in [0.25, 0.3) is 0 Å². The van der Waals surface area contributed by atoms with E-state index in [1.807, 2.05) is 0 Å². The fourth-order valence-electron chi connectivity index (χ4n) is 3.01. The first-order valence-electron chi connectivity index (χ1n) is 7.56. The van der Waals surface area contributed by atoms with Crippen LogP contribution in [0.1, 0.15) is 30.9 Å². The zero-order chi connectivity index (χ0) is 15.5. The maximum absolute atomic E-state index is 11.3. The largest absolute Gasteiger partial charge is 0.378 e. The summed E-state index contributed by atoms with van der Waals surface area (Å²) in [5.74, 6) is 0.286. The van der Waals surface area contributed by atoms with Crippen molar-refractivity contribution in [3.8, 4) is 0 Å². The van der Waals surface area contributed by atoms with Gasteiger partial charge in [0, 0.05) is 32.1 Å². The van der Waals surface area contributed by atoms with Gasteiger partial charge in [0.05, 0.1) is 5.75 Å². The normalized spacial score (nSPS) is 19.9. The quantitative estimate of drug-likeness (QED) is 0.808. The van der Waals surface area contributed by atoms with E-state index in [1.165, 1.54) is 23.9 Å². The Kier molecular flexibility index (Phi) is 5.27. The summed E-state index contributed by atoms with van der Waals surface area (Å²) in [6.45, 7) is 1.94. The van der Waals surface area contributed by atoms with Crippen molar-refractivity contribution in [3.05, 3.63) is 29.8 Å². The lowest BCUT2D eigenvalue weighted by molar-refractivity contribution is 0.258. The number of benzene rings is 1. The molecule has 0 N–H and O–H groups in total. The van der Waals surface area contributed by atoms with Gasteiger partial charge < -0.3 is 4.90 Å². The van der Waals surface area contributed by atoms with Crippen molar-refractivity contribution in [2.45, 2.75) is 25.3 Å². The second-order valence-corrected chi connectivity index (χ2v) is 8.43. The molecule has 0 radical (unpaired) electrons. The first-order valence-corrected chi connectivity index (χ1v) is 9.62. The Morgan fingerprint density at radius 1 is 1.33 bits per heavy atom. The van der Waals surface area contributed by atoms with Gasteiger partial charge in [-0.1, -0.05) is 12.1 Å². The molecule has 21 heavy (non-hydrogen) atoms. The zero-order valence-corrected chi connectivity index (χ0v) is 14.1. The van der Waals surface area contributed by atoms with Gasteiger partial charge in [0.25, 0.3) is 0 Å². The summed E-state index contributed by atoms with van der Waals surface area (Å²) in [4.78, 5) is 4.55. The molecule has 0 saturated carbocycles. The Morgan fingerprint density at radius 3 is 2.76 bits per heavy atom. The van der Waals surface area contributed by atoms with Crippen LogP contribution in [0, 0.1) is 0 Å². The van der Waals surface area contributed by atoms with Gasteiger partial charge in [-0.15, -0.1) is 0 Å². The highest BCUT2D eigenvalue weighted by atomic mass is 32.2. The number of sulfone groups is 1. The van der Waals surface area contributed by atoms with Gasteiger partial charge in [-0.2, -0.15) is 0 Å². The molecule has 1 fully saturated rings. The van der Waals surface area contributed by atoms with Gasteiger partial charge >= 0.3 is 0 Å². The maximum Gasteiger partial charge on any atom is 0.147 e. The van der Waals surface area contributed by atoms with Crippen LogP contribution in [0.5, 0.6) is 0 Å². The minimum atomic E-state index is -2.85. The predicted octanol–water partition coefficient (Wildman–Crippen LogP) is 2.32. The standard InChI is InChI=1S/C16H26N2O2S/c1-17(2)15-8-4-7-14(13-15)16-9-5-10-18(16)11-6-12-21(3,19)20/h4,7-8,13,16H,5-6,9-12H2,1-3H3/t16-/m1/s1. The van der Waals surface area contributed by atoms with Crippen molar-refractivity contribution in [2.24, 2.45) is 0 Å². The Balaban J connectivity index is 2.03. The van der Waals surface area contributed by atoms with Crippen molar-refractivity contribution in [3.63, 3.8) is 0 Å². The van der Waals surface area contributed by atoms with E-state index in [1.54, 1.807) is 0 Å². The number of anilines is 1. The molecule has 118 valence electrons. The lowest BCUT2D eigenvalue weighted by atomic mass is 10.0. The number of hydrogen-bond acceptors (Lipinski definition) is 4. The highest BCUT2D eigenvalue weighted by Crippen LogP contribution is 2.33. The van der Waals surface area contributed by atoms with E-state index in [4.69, 9.17) is 0 Å². The topological polar surface area (TPSA) is 40.6 Å². The van der Waals surface area contributed by atoms with Gasteiger partial charge in [-0.3, -0.25) is 4.90 Å². The first kappa shape index (κ1) is 16.3. The average molecular weight is 310 g/mol. The van der Waals surface area contributed by atoms with Crippen LogP contribution in [0.3, 0.4) is 0 Å². The number of rotatable bonds is 6. The third kappa shape index (κ3) is 4.71.